The third-order valence-corrected chi connectivity index (χ3v) is 6.76. The van der Waals surface area contributed by atoms with E-state index in [2.05, 4.69) is 51.8 Å². The molecule has 2 atom stereocenters. The number of thiocarbonyl (C=S) groups is 1. The third-order valence-electron chi connectivity index (χ3n) is 6.17. The monoisotopic (exact) mass is 483 g/mol. The van der Waals surface area contributed by atoms with E-state index in [4.69, 9.17) is 23.8 Å². The average Bonchev–Trinajstić information content (AvgIpc) is 3.25. The number of hydrogen-bond acceptors (Lipinski definition) is 4. The lowest BCUT2D eigenvalue weighted by atomic mass is 9.96. The lowest BCUT2D eigenvalue weighted by molar-refractivity contribution is 0.292. The van der Waals surface area contributed by atoms with Gasteiger partial charge in [0.1, 0.15) is 5.75 Å². The molecule has 0 bridgehead atoms. The van der Waals surface area contributed by atoms with E-state index in [1.54, 1.807) is 18.2 Å². The van der Waals surface area contributed by atoms with Crippen LogP contribution in [0.4, 0.5) is 0 Å². The summed E-state index contributed by atoms with van der Waals surface area (Å²) in [5.41, 5.74) is 4.84. The largest absolute Gasteiger partial charge is 0.506 e. The lowest BCUT2D eigenvalue weighted by Crippen LogP contribution is -2.32. The van der Waals surface area contributed by atoms with Crippen molar-refractivity contribution in [3.8, 4) is 11.4 Å². The van der Waals surface area contributed by atoms with Crippen molar-refractivity contribution in [2.24, 2.45) is 0 Å². The van der Waals surface area contributed by atoms with Gasteiger partial charge in [-0.3, -0.25) is 4.98 Å². The maximum atomic E-state index is 10.6. The molecule has 2 N–H and O–H groups in total. The number of nitrogens with zero attached hydrogens (tertiary/aromatic N) is 4. The normalized spacial score (nSPS) is 18.2. The Labute approximate surface area is 205 Å². The first-order valence-electron chi connectivity index (χ1n) is 11.1. The predicted molar refractivity (Wildman–Crippen MR) is 137 cm³/mol. The van der Waals surface area contributed by atoms with Gasteiger partial charge >= 0.3 is 0 Å². The first kappa shape index (κ1) is 23.5. The van der Waals surface area contributed by atoms with Gasteiger partial charge in [-0.05, 0) is 95.1 Å². The number of phenols is 1. The Balaban J connectivity index is 1.80. The topological polar surface area (TPSA) is 56.6 Å². The van der Waals surface area contributed by atoms with Crippen molar-refractivity contribution < 1.29 is 5.11 Å². The highest BCUT2D eigenvalue weighted by Crippen LogP contribution is 2.42. The van der Waals surface area contributed by atoms with Gasteiger partial charge in [0.05, 0.1) is 23.5 Å². The summed E-state index contributed by atoms with van der Waals surface area (Å²) in [6.45, 7) is 5.95. The summed E-state index contributed by atoms with van der Waals surface area (Å²) in [4.78, 5) is 9.10. The Morgan fingerprint density at radius 2 is 1.97 bits per heavy atom. The molecule has 1 saturated heterocycles. The number of halogens is 1. The number of pyridine rings is 1. The first-order valence-corrected chi connectivity index (χ1v) is 11.9. The van der Waals surface area contributed by atoms with E-state index < -0.39 is 0 Å². The van der Waals surface area contributed by atoms with Gasteiger partial charge in [0.25, 0.3) is 0 Å². The van der Waals surface area contributed by atoms with Crippen molar-refractivity contribution in [2.75, 3.05) is 27.2 Å². The van der Waals surface area contributed by atoms with Crippen LogP contribution in [0, 0.1) is 13.8 Å². The molecule has 0 saturated carbocycles. The van der Waals surface area contributed by atoms with Gasteiger partial charge in [-0.15, -0.1) is 0 Å². The fourth-order valence-corrected chi connectivity index (χ4v) is 5.17. The molecule has 3 aromatic rings. The second kappa shape index (κ2) is 9.71. The molecular weight excluding hydrogens is 454 g/mol. The minimum Gasteiger partial charge on any atom is -0.506 e. The average molecular weight is 484 g/mol. The van der Waals surface area contributed by atoms with Crippen molar-refractivity contribution >= 4 is 28.9 Å². The zero-order valence-corrected chi connectivity index (χ0v) is 21.0. The van der Waals surface area contributed by atoms with E-state index in [1.165, 1.54) is 0 Å². The van der Waals surface area contributed by atoms with Crippen LogP contribution in [0.3, 0.4) is 0 Å². The van der Waals surface area contributed by atoms with Crippen LogP contribution in [0.25, 0.3) is 5.69 Å². The molecule has 2 aromatic heterocycles. The van der Waals surface area contributed by atoms with Crippen LogP contribution in [0.15, 0.2) is 48.7 Å². The molecule has 8 heteroatoms. The van der Waals surface area contributed by atoms with Gasteiger partial charge in [0.15, 0.2) is 5.11 Å². The van der Waals surface area contributed by atoms with Crippen LogP contribution in [0.5, 0.6) is 5.75 Å². The Morgan fingerprint density at radius 3 is 2.67 bits per heavy atom. The molecule has 0 aliphatic carbocycles. The Morgan fingerprint density at radius 1 is 1.18 bits per heavy atom. The van der Waals surface area contributed by atoms with Crippen LogP contribution < -0.4 is 5.32 Å². The van der Waals surface area contributed by atoms with E-state index in [0.717, 1.165) is 47.3 Å². The van der Waals surface area contributed by atoms with Crippen molar-refractivity contribution in [3.63, 3.8) is 0 Å². The van der Waals surface area contributed by atoms with Crippen molar-refractivity contribution in [1.29, 1.82) is 0 Å². The molecule has 1 aromatic carbocycles. The molecule has 2 unspecified atom stereocenters. The summed E-state index contributed by atoms with van der Waals surface area (Å²) in [6.07, 6.45) is 2.81. The summed E-state index contributed by atoms with van der Waals surface area (Å²) in [7, 11) is 4.17. The molecule has 6 nitrogen and oxygen atoms in total. The van der Waals surface area contributed by atoms with E-state index >= 15 is 0 Å². The number of rotatable bonds is 7. The van der Waals surface area contributed by atoms with Crippen LogP contribution in [-0.2, 0) is 0 Å². The van der Waals surface area contributed by atoms with Gasteiger partial charge in [0, 0.05) is 29.2 Å². The van der Waals surface area contributed by atoms with Gasteiger partial charge in [-0.2, -0.15) is 0 Å². The molecule has 174 valence electrons. The maximum Gasteiger partial charge on any atom is 0.170 e. The quantitative estimate of drug-likeness (QED) is 0.472. The van der Waals surface area contributed by atoms with Gasteiger partial charge in [0.2, 0.25) is 0 Å². The molecule has 0 radical (unpaired) electrons. The highest BCUT2D eigenvalue weighted by Gasteiger charge is 2.41. The minimum absolute atomic E-state index is 0.0177. The SMILES string of the molecule is Cc1cc(C2C(c3ccccn3)NC(=S)N2CCCN(C)C)c(C)n1-c1cc(Cl)ccc1O. The van der Waals surface area contributed by atoms with E-state index in [9.17, 15) is 5.11 Å². The number of nitrogens with one attached hydrogen (secondary N) is 1. The van der Waals surface area contributed by atoms with Crippen molar-refractivity contribution in [2.45, 2.75) is 32.4 Å². The molecule has 1 fully saturated rings. The molecule has 1 aliphatic rings. The third kappa shape index (κ3) is 4.71. The minimum atomic E-state index is -0.0695. The summed E-state index contributed by atoms with van der Waals surface area (Å²) >= 11 is 12.1. The number of phenolic OH excluding ortho intramolecular Hbond substituents is 1. The molecule has 0 spiro atoms. The Bertz CT molecular complexity index is 1150. The molecule has 1 aliphatic heterocycles. The summed E-state index contributed by atoms with van der Waals surface area (Å²) < 4.78 is 2.06. The highest BCUT2D eigenvalue weighted by atomic mass is 35.5. The second-order valence-electron chi connectivity index (χ2n) is 8.77. The summed E-state index contributed by atoms with van der Waals surface area (Å²) in [5.74, 6) is 0.192. The molecule has 4 rings (SSSR count). The van der Waals surface area contributed by atoms with E-state index in [-0.39, 0.29) is 17.8 Å². The number of aromatic hydroxyl groups is 1. The van der Waals surface area contributed by atoms with Gasteiger partial charge < -0.3 is 24.8 Å². The standard InChI is InChI=1S/C25H30ClN5OS/c1-16-14-19(17(2)31(16)21-15-18(26)9-10-22(21)32)24-23(20-8-5-6-11-27-20)28-25(33)30(24)13-7-12-29(3)4/h5-6,8-11,14-15,23-24,32H,7,12-13H2,1-4H3,(H,28,33). The van der Waals surface area contributed by atoms with Gasteiger partial charge in [-0.25, -0.2) is 0 Å². The summed E-state index contributed by atoms with van der Waals surface area (Å²) in [6, 6.07) is 13.2. The fraction of sp³-hybridized carbons (Fsp3) is 0.360. The van der Waals surface area contributed by atoms with Crippen molar-refractivity contribution in [3.05, 3.63) is 76.3 Å². The fourth-order valence-electron chi connectivity index (χ4n) is 4.68. The molecule has 33 heavy (non-hydrogen) atoms. The predicted octanol–water partition coefficient (Wildman–Crippen LogP) is 4.77. The smallest absolute Gasteiger partial charge is 0.170 e. The van der Waals surface area contributed by atoms with Crippen LogP contribution in [0.2, 0.25) is 5.02 Å². The highest BCUT2D eigenvalue weighted by molar-refractivity contribution is 7.80. The zero-order chi connectivity index (χ0) is 23.7. The van der Waals surface area contributed by atoms with E-state index in [1.807, 2.05) is 31.3 Å². The second-order valence-corrected chi connectivity index (χ2v) is 9.59. The molecular formula is C25H30ClN5OS. The van der Waals surface area contributed by atoms with Gasteiger partial charge in [-0.1, -0.05) is 17.7 Å². The number of benzene rings is 1. The first-order chi connectivity index (χ1) is 15.8. The number of hydrogen-bond donors (Lipinski definition) is 2. The van der Waals surface area contributed by atoms with Crippen LogP contribution >= 0.6 is 23.8 Å². The lowest BCUT2D eigenvalue weighted by Gasteiger charge is -2.28. The van der Waals surface area contributed by atoms with E-state index in [0.29, 0.717) is 10.7 Å². The summed E-state index contributed by atoms with van der Waals surface area (Å²) in [5, 5.41) is 15.4. The zero-order valence-electron chi connectivity index (χ0n) is 19.4. The Kier molecular flexibility index (Phi) is 6.93. The van der Waals surface area contributed by atoms with Crippen LogP contribution in [0.1, 0.15) is 41.1 Å². The molecule has 3 heterocycles. The van der Waals surface area contributed by atoms with Crippen LogP contribution in [-0.4, -0.2) is 56.8 Å². The number of aryl methyl sites for hydroxylation is 1. The molecule has 0 amide bonds. The van der Waals surface area contributed by atoms with Crippen molar-refractivity contribution in [1.82, 2.24) is 24.7 Å². The maximum absolute atomic E-state index is 10.6. The Hall–Kier alpha value is -2.61. The number of aromatic nitrogens is 2.